The third kappa shape index (κ3) is 2.56. The Hall–Kier alpha value is -1.82. The molecule has 0 spiro atoms. The van der Waals surface area contributed by atoms with Crippen LogP contribution in [0.5, 0.6) is 0 Å². The van der Waals surface area contributed by atoms with Crippen molar-refractivity contribution < 1.29 is 9.59 Å². The second-order valence-corrected chi connectivity index (χ2v) is 6.18. The van der Waals surface area contributed by atoms with Gasteiger partial charge in [-0.05, 0) is 18.1 Å². The molecule has 0 aromatic carbocycles. The highest BCUT2D eigenvalue weighted by atomic mass is 32.2. The van der Waals surface area contributed by atoms with Gasteiger partial charge in [-0.2, -0.15) is 0 Å². The van der Waals surface area contributed by atoms with E-state index in [0.717, 1.165) is 16.7 Å². The molecule has 0 bridgehead atoms. The zero-order chi connectivity index (χ0) is 14.1. The zero-order valence-electron chi connectivity index (χ0n) is 11.1. The predicted molar refractivity (Wildman–Crippen MR) is 79.7 cm³/mol. The van der Waals surface area contributed by atoms with Gasteiger partial charge < -0.3 is 9.88 Å². The van der Waals surface area contributed by atoms with Gasteiger partial charge in [-0.3, -0.25) is 9.59 Å². The normalized spacial score (nSPS) is 18.9. The fraction of sp³-hybridized carbons (Fsp3) is 0.357. The number of thioether (sulfide) groups is 1. The maximum Gasteiger partial charge on any atom is 0.227 e. The molecule has 6 heteroatoms. The Labute approximate surface area is 120 Å². The number of carbonyl (C=O) groups is 2. The Balaban J connectivity index is 1.76. The van der Waals surface area contributed by atoms with Crippen LogP contribution in [0.4, 0.5) is 5.69 Å². The van der Waals surface area contributed by atoms with E-state index in [4.69, 9.17) is 0 Å². The average molecular weight is 289 g/mol. The standard InChI is InChI=1S/C14H15N3O2S/c1-9(18)20-8-10-4-13(19)17(7-10)12-5-11-2-3-15-14(11)16-6-12/h2-3,5-6,10H,4,7-8H2,1H3,(H,15,16). The zero-order valence-corrected chi connectivity index (χ0v) is 11.9. The van der Waals surface area contributed by atoms with Crippen LogP contribution in [0, 0.1) is 5.92 Å². The fourth-order valence-electron chi connectivity index (χ4n) is 2.45. The van der Waals surface area contributed by atoms with Gasteiger partial charge >= 0.3 is 0 Å². The Bertz CT molecular complexity index is 667. The molecule has 1 atom stereocenters. The topological polar surface area (TPSA) is 66.1 Å². The number of H-pyrrole nitrogens is 1. The molecule has 1 aliphatic rings. The molecule has 1 saturated heterocycles. The van der Waals surface area contributed by atoms with E-state index in [0.29, 0.717) is 18.7 Å². The molecule has 3 rings (SSSR count). The molecule has 0 aliphatic carbocycles. The van der Waals surface area contributed by atoms with E-state index in [2.05, 4.69) is 9.97 Å². The number of fused-ring (bicyclic) bond motifs is 1. The highest BCUT2D eigenvalue weighted by molar-refractivity contribution is 8.13. The number of amides is 1. The van der Waals surface area contributed by atoms with Crippen molar-refractivity contribution in [2.75, 3.05) is 17.2 Å². The first-order chi connectivity index (χ1) is 9.63. The van der Waals surface area contributed by atoms with Crippen LogP contribution >= 0.6 is 11.8 Å². The van der Waals surface area contributed by atoms with Gasteiger partial charge in [-0.15, -0.1) is 0 Å². The monoisotopic (exact) mass is 289 g/mol. The molecule has 0 radical (unpaired) electrons. The number of nitrogens with one attached hydrogen (secondary N) is 1. The van der Waals surface area contributed by atoms with Crippen LogP contribution in [-0.4, -0.2) is 33.3 Å². The van der Waals surface area contributed by atoms with E-state index in [1.807, 2.05) is 18.3 Å². The van der Waals surface area contributed by atoms with Crippen molar-refractivity contribution in [3.63, 3.8) is 0 Å². The van der Waals surface area contributed by atoms with E-state index in [1.165, 1.54) is 11.8 Å². The number of aromatic amines is 1. The first kappa shape index (κ1) is 13.2. The molecule has 1 amide bonds. The first-order valence-corrected chi connectivity index (χ1v) is 7.49. The number of hydrogen-bond donors (Lipinski definition) is 1. The summed E-state index contributed by atoms with van der Waals surface area (Å²) >= 11 is 1.29. The molecule has 104 valence electrons. The lowest BCUT2D eigenvalue weighted by Gasteiger charge is -2.16. The molecule has 3 heterocycles. The third-order valence-electron chi connectivity index (χ3n) is 3.42. The van der Waals surface area contributed by atoms with Crippen molar-refractivity contribution in [1.29, 1.82) is 0 Å². The van der Waals surface area contributed by atoms with Crippen molar-refractivity contribution >= 4 is 39.5 Å². The summed E-state index contributed by atoms with van der Waals surface area (Å²) in [6.45, 7) is 2.22. The van der Waals surface area contributed by atoms with Crippen LogP contribution in [0.25, 0.3) is 11.0 Å². The molecule has 1 fully saturated rings. The highest BCUT2D eigenvalue weighted by Gasteiger charge is 2.31. The van der Waals surface area contributed by atoms with E-state index >= 15 is 0 Å². The second-order valence-electron chi connectivity index (χ2n) is 4.99. The molecule has 5 nitrogen and oxygen atoms in total. The van der Waals surface area contributed by atoms with Gasteiger partial charge in [0.2, 0.25) is 5.91 Å². The maximum atomic E-state index is 12.1. The molecule has 1 N–H and O–H groups in total. The quantitative estimate of drug-likeness (QED) is 0.940. The Morgan fingerprint density at radius 3 is 3.25 bits per heavy atom. The summed E-state index contributed by atoms with van der Waals surface area (Å²) in [5.74, 6) is 1.05. The minimum atomic E-state index is 0.103. The lowest BCUT2D eigenvalue weighted by Crippen LogP contribution is -2.24. The second kappa shape index (κ2) is 5.28. The van der Waals surface area contributed by atoms with Crippen LogP contribution in [0.1, 0.15) is 13.3 Å². The number of aromatic nitrogens is 2. The van der Waals surface area contributed by atoms with Crippen LogP contribution in [0.3, 0.4) is 0 Å². The van der Waals surface area contributed by atoms with Gasteiger partial charge in [0.25, 0.3) is 0 Å². The molecule has 2 aromatic rings. The maximum absolute atomic E-state index is 12.1. The van der Waals surface area contributed by atoms with Gasteiger partial charge in [-0.1, -0.05) is 11.8 Å². The molecule has 20 heavy (non-hydrogen) atoms. The van der Waals surface area contributed by atoms with E-state index in [1.54, 1.807) is 18.0 Å². The Morgan fingerprint density at radius 2 is 2.45 bits per heavy atom. The third-order valence-corrected chi connectivity index (χ3v) is 4.47. The molecule has 0 saturated carbocycles. The van der Waals surface area contributed by atoms with Gasteiger partial charge in [0, 0.05) is 37.2 Å². The summed E-state index contributed by atoms with van der Waals surface area (Å²) in [5.41, 5.74) is 1.65. The summed E-state index contributed by atoms with van der Waals surface area (Å²) in [6, 6.07) is 3.91. The Morgan fingerprint density at radius 1 is 1.60 bits per heavy atom. The largest absolute Gasteiger partial charge is 0.346 e. The molecule has 1 aliphatic heterocycles. The number of hydrogen-bond acceptors (Lipinski definition) is 4. The smallest absolute Gasteiger partial charge is 0.227 e. The van der Waals surface area contributed by atoms with E-state index < -0.39 is 0 Å². The lowest BCUT2D eigenvalue weighted by atomic mass is 10.1. The number of rotatable bonds is 3. The van der Waals surface area contributed by atoms with Gasteiger partial charge in [0.1, 0.15) is 5.65 Å². The molecule has 2 aromatic heterocycles. The van der Waals surface area contributed by atoms with Crippen molar-refractivity contribution in [3.8, 4) is 0 Å². The highest BCUT2D eigenvalue weighted by Crippen LogP contribution is 2.28. The van der Waals surface area contributed by atoms with Crippen molar-refractivity contribution in [2.24, 2.45) is 5.92 Å². The number of carbonyl (C=O) groups excluding carboxylic acids is 2. The average Bonchev–Trinajstić information content (AvgIpc) is 3.01. The lowest BCUT2D eigenvalue weighted by molar-refractivity contribution is -0.117. The summed E-state index contributed by atoms with van der Waals surface area (Å²) in [6.07, 6.45) is 4.06. The van der Waals surface area contributed by atoms with Crippen molar-refractivity contribution in [3.05, 3.63) is 24.5 Å². The minimum absolute atomic E-state index is 0.103. The molecule has 1 unspecified atom stereocenters. The van der Waals surface area contributed by atoms with E-state index in [9.17, 15) is 9.59 Å². The Kier molecular flexibility index (Phi) is 3.48. The minimum Gasteiger partial charge on any atom is -0.346 e. The number of anilines is 1. The van der Waals surface area contributed by atoms with Crippen LogP contribution < -0.4 is 4.90 Å². The van der Waals surface area contributed by atoms with Crippen LogP contribution in [0.2, 0.25) is 0 Å². The van der Waals surface area contributed by atoms with Crippen LogP contribution in [0.15, 0.2) is 24.5 Å². The van der Waals surface area contributed by atoms with E-state index in [-0.39, 0.29) is 16.9 Å². The summed E-state index contributed by atoms with van der Waals surface area (Å²) in [5, 5.41) is 1.10. The number of nitrogens with zero attached hydrogens (tertiary/aromatic N) is 2. The molecular formula is C14H15N3O2S. The predicted octanol–water partition coefficient (Wildman–Crippen LogP) is 2.20. The van der Waals surface area contributed by atoms with Crippen molar-refractivity contribution in [1.82, 2.24) is 9.97 Å². The first-order valence-electron chi connectivity index (χ1n) is 6.50. The number of pyridine rings is 1. The summed E-state index contributed by atoms with van der Waals surface area (Å²) in [7, 11) is 0. The van der Waals surface area contributed by atoms with Crippen molar-refractivity contribution in [2.45, 2.75) is 13.3 Å². The molecular weight excluding hydrogens is 274 g/mol. The van der Waals surface area contributed by atoms with Crippen LogP contribution in [-0.2, 0) is 9.59 Å². The summed E-state index contributed by atoms with van der Waals surface area (Å²) in [4.78, 5) is 32.2. The fourth-order valence-corrected chi connectivity index (χ4v) is 3.15. The van der Waals surface area contributed by atoms with Gasteiger partial charge in [0.15, 0.2) is 5.12 Å². The SMILES string of the molecule is CC(=O)SCC1CC(=O)N(c2cnc3[nH]ccc3c2)C1. The summed E-state index contributed by atoms with van der Waals surface area (Å²) < 4.78 is 0. The van der Waals surface area contributed by atoms with Gasteiger partial charge in [-0.25, -0.2) is 4.98 Å². The van der Waals surface area contributed by atoms with Gasteiger partial charge in [0.05, 0.1) is 11.9 Å².